The van der Waals surface area contributed by atoms with Gasteiger partial charge in [-0.25, -0.2) is 8.42 Å². The maximum Gasteiger partial charge on any atom is 0.261 e. The Morgan fingerprint density at radius 3 is 2.29 bits per heavy atom. The average molecular weight is 475 g/mol. The molecule has 2 aromatic rings. The minimum absolute atomic E-state index is 0.0543. The summed E-state index contributed by atoms with van der Waals surface area (Å²) in [5, 5.41) is 0.347. The van der Waals surface area contributed by atoms with Crippen LogP contribution in [0, 0.1) is 0 Å². The predicted molar refractivity (Wildman–Crippen MR) is 93.5 cm³/mol. The van der Waals surface area contributed by atoms with Crippen LogP contribution in [0.3, 0.4) is 0 Å². The van der Waals surface area contributed by atoms with Crippen molar-refractivity contribution in [1.82, 2.24) is 0 Å². The third-order valence-corrected chi connectivity index (χ3v) is 6.38. The monoisotopic (exact) mass is 472 g/mol. The molecule has 0 aromatic heterocycles. The van der Waals surface area contributed by atoms with Gasteiger partial charge in [0, 0.05) is 14.6 Å². The number of nitrogen functional groups attached to an aromatic ring is 1. The Morgan fingerprint density at radius 1 is 1.00 bits per heavy atom. The van der Waals surface area contributed by atoms with Crippen molar-refractivity contribution in [3.8, 4) is 0 Å². The maximum atomic E-state index is 12.3. The third-order valence-electron chi connectivity index (χ3n) is 2.56. The second-order valence-electron chi connectivity index (χ2n) is 4.01. The van der Waals surface area contributed by atoms with E-state index in [1.54, 1.807) is 6.07 Å². The van der Waals surface area contributed by atoms with E-state index in [1.807, 2.05) is 0 Å². The number of halogens is 4. The molecule has 0 amide bonds. The van der Waals surface area contributed by atoms with E-state index in [1.165, 1.54) is 24.3 Å². The zero-order valence-corrected chi connectivity index (χ0v) is 15.7. The lowest BCUT2D eigenvalue weighted by Crippen LogP contribution is -2.13. The fourth-order valence-corrected chi connectivity index (χ4v) is 3.99. The Labute approximate surface area is 148 Å². The van der Waals surface area contributed by atoms with Crippen molar-refractivity contribution < 1.29 is 8.42 Å². The summed E-state index contributed by atoms with van der Waals surface area (Å²) in [6, 6.07) is 7.42. The van der Waals surface area contributed by atoms with Crippen LogP contribution >= 0.6 is 55.1 Å². The Hall–Kier alpha value is -0.470. The number of hydrogen-bond donors (Lipinski definition) is 2. The number of sulfonamides is 1. The molecule has 0 radical (unpaired) electrons. The van der Waals surface area contributed by atoms with Crippen LogP contribution < -0.4 is 10.5 Å². The fourth-order valence-electron chi connectivity index (χ4n) is 1.48. The molecule has 0 aliphatic rings. The first-order chi connectivity index (χ1) is 9.72. The number of anilines is 2. The molecule has 0 spiro atoms. The van der Waals surface area contributed by atoms with E-state index < -0.39 is 10.0 Å². The van der Waals surface area contributed by atoms with Crippen molar-refractivity contribution in [2.24, 2.45) is 0 Å². The molecular weight excluding hydrogens is 467 g/mol. The highest BCUT2D eigenvalue weighted by atomic mass is 79.9. The summed E-state index contributed by atoms with van der Waals surface area (Å²) in [6.07, 6.45) is 0. The lowest BCUT2D eigenvalue weighted by molar-refractivity contribution is 0.601. The van der Waals surface area contributed by atoms with Crippen LogP contribution in [0.15, 0.2) is 44.2 Å². The number of rotatable bonds is 3. The standard InChI is InChI=1S/C12H8Br2Cl2N2O2S/c13-7-2-4-10(12(16)11(7)15)18-21(19,20)6-1-3-9(17)8(14)5-6/h1-5,18H,17H2. The number of nitrogens with one attached hydrogen (secondary N) is 1. The van der Waals surface area contributed by atoms with Gasteiger partial charge >= 0.3 is 0 Å². The third kappa shape index (κ3) is 3.65. The van der Waals surface area contributed by atoms with Crippen LogP contribution in [0.5, 0.6) is 0 Å². The largest absolute Gasteiger partial charge is 0.398 e. The van der Waals surface area contributed by atoms with Crippen LogP contribution in [0.1, 0.15) is 0 Å². The summed E-state index contributed by atoms with van der Waals surface area (Å²) < 4.78 is 28.1. The highest BCUT2D eigenvalue weighted by molar-refractivity contribution is 9.11. The van der Waals surface area contributed by atoms with Gasteiger partial charge in [0.25, 0.3) is 10.0 Å². The van der Waals surface area contributed by atoms with Gasteiger partial charge in [0.15, 0.2) is 0 Å². The molecule has 21 heavy (non-hydrogen) atoms. The summed E-state index contributed by atoms with van der Waals surface area (Å²) in [5.41, 5.74) is 6.27. The molecule has 9 heteroatoms. The highest BCUT2D eigenvalue weighted by Crippen LogP contribution is 2.37. The van der Waals surface area contributed by atoms with E-state index in [0.717, 1.165) is 0 Å². The second kappa shape index (κ2) is 6.34. The zero-order valence-electron chi connectivity index (χ0n) is 10.2. The summed E-state index contributed by atoms with van der Waals surface area (Å²) in [7, 11) is -3.80. The first kappa shape index (κ1) is 16.9. The number of nitrogens with two attached hydrogens (primary N) is 1. The second-order valence-corrected chi connectivity index (χ2v) is 8.16. The topological polar surface area (TPSA) is 72.2 Å². The van der Waals surface area contributed by atoms with Crippen LogP contribution in [0.2, 0.25) is 10.0 Å². The van der Waals surface area contributed by atoms with Gasteiger partial charge in [-0.2, -0.15) is 0 Å². The average Bonchev–Trinajstić information content (AvgIpc) is 2.42. The first-order valence-corrected chi connectivity index (χ1v) is 9.26. The van der Waals surface area contributed by atoms with Gasteiger partial charge in [-0.1, -0.05) is 23.2 Å². The van der Waals surface area contributed by atoms with Gasteiger partial charge in [-0.05, 0) is 62.2 Å². The van der Waals surface area contributed by atoms with E-state index in [0.29, 0.717) is 14.6 Å². The molecule has 0 aliphatic carbocycles. The minimum Gasteiger partial charge on any atom is -0.398 e. The molecule has 0 fully saturated rings. The van der Waals surface area contributed by atoms with Crippen LogP contribution in [-0.2, 0) is 10.0 Å². The molecular formula is C12H8Br2Cl2N2O2S. The van der Waals surface area contributed by atoms with E-state index in [-0.39, 0.29) is 20.6 Å². The molecule has 3 N–H and O–H groups in total. The van der Waals surface area contributed by atoms with E-state index in [9.17, 15) is 8.42 Å². The zero-order chi connectivity index (χ0) is 15.8. The molecule has 4 nitrogen and oxygen atoms in total. The van der Waals surface area contributed by atoms with E-state index in [4.69, 9.17) is 28.9 Å². The quantitative estimate of drug-likeness (QED) is 0.491. The van der Waals surface area contributed by atoms with Gasteiger partial charge < -0.3 is 5.73 Å². The lowest BCUT2D eigenvalue weighted by Gasteiger charge is -2.12. The van der Waals surface area contributed by atoms with Crippen molar-refractivity contribution in [3.63, 3.8) is 0 Å². The predicted octanol–water partition coefficient (Wildman–Crippen LogP) is 4.90. The van der Waals surface area contributed by atoms with E-state index in [2.05, 4.69) is 36.6 Å². The Balaban J connectivity index is 2.42. The molecule has 2 rings (SSSR count). The summed E-state index contributed by atoms with van der Waals surface area (Å²) in [6.45, 7) is 0. The Morgan fingerprint density at radius 2 is 1.67 bits per heavy atom. The van der Waals surface area contributed by atoms with Crippen molar-refractivity contribution in [2.45, 2.75) is 4.90 Å². The summed E-state index contributed by atoms with van der Waals surface area (Å²) in [5.74, 6) is 0. The van der Waals surface area contributed by atoms with Gasteiger partial charge in [-0.15, -0.1) is 0 Å². The van der Waals surface area contributed by atoms with E-state index >= 15 is 0 Å². The van der Waals surface area contributed by atoms with Crippen LogP contribution in [0.4, 0.5) is 11.4 Å². The normalized spacial score (nSPS) is 11.4. The highest BCUT2D eigenvalue weighted by Gasteiger charge is 2.18. The Kier molecular flexibility index (Phi) is 5.10. The van der Waals surface area contributed by atoms with Gasteiger partial charge in [0.2, 0.25) is 0 Å². The fraction of sp³-hybridized carbons (Fsp3) is 0. The molecule has 0 saturated heterocycles. The van der Waals surface area contributed by atoms with Crippen LogP contribution in [-0.4, -0.2) is 8.42 Å². The SMILES string of the molecule is Nc1ccc(S(=O)(=O)Nc2ccc(Br)c(Cl)c2Cl)cc1Br. The molecule has 112 valence electrons. The number of benzene rings is 2. The Bertz CT molecular complexity index is 813. The van der Waals surface area contributed by atoms with Crippen molar-refractivity contribution in [2.75, 3.05) is 10.5 Å². The minimum atomic E-state index is -3.80. The lowest BCUT2D eigenvalue weighted by atomic mass is 10.3. The van der Waals surface area contributed by atoms with Crippen molar-refractivity contribution >= 4 is 76.5 Å². The molecule has 0 unspecified atom stereocenters. The molecule has 0 heterocycles. The molecule has 0 bridgehead atoms. The van der Waals surface area contributed by atoms with Crippen LogP contribution in [0.25, 0.3) is 0 Å². The summed E-state index contributed by atoms with van der Waals surface area (Å²) in [4.78, 5) is 0.0543. The van der Waals surface area contributed by atoms with Gasteiger partial charge in [0.05, 0.1) is 20.6 Å². The molecule has 0 atom stereocenters. The van der Waals surface area contributed by atoms with Crippen molar-refractivity contribution in [1.29, 1.82) is 0 Å². The van der Waals surface area contributed by atoms with Gasteiger partial charge in [-0.3, -0.25) is 4.72 Å². The first-order valence-electron chi connectivity index (χ1n) is 5.43. The van der Waals surface area contributed by atoms with Crippen molar-refractivity contribution in [3.05, 3.63) is 49.3 Å². The molecule has 0 aliphatic heterocycles. The number of hydrogen-bond acceptors (Lipinski definition) is 3. The summed E-state index contributed by atoms with van der Waals surface area (Å²) >= 11 is 18.4. The maximum absolute atomic E-state index is 12.3. The molecule has 2 aromatic carbocycles. The molecule has 0 saturated carbocycles. The smallest absolute Gasteiger partial charge is 0.261 e. The van der Waals surface area contributed by atoms with Gasteiger partial charge in [0.1, 0.15) is 0 Å².